The number of amides is 1. The number of nitrogens with zero attached hydrogens (tertiary/aromatic N) is 1. The van der Waals surface area contributed by atoms with E-state index in [9.17, 15) is 9.90 Å². The van der Waals surface area contributed by atoms with E-state index in [0.29, 0.717) is 11.8 Å². The first-order valence-corrected chi connectivity index (χ1v) is 6.80. The molecule has 0 aromatic carbocycles. The maximum atomic E-state index is 12.2. The van der Waals surface area contributed by atoms with Crippen molar-refractivity contribution in [2.45, 2.75) is 51.2 Å². The van der Waals surface area contributed by atoms with Crippen LogP contribution in [0.4, 0.5) is 0 Å². The standard InChI is InChI=1S/C13H24N2O2/c1-9(16)10-4-6-15(7-5-10)13(17)11-2-3-12(14)8-11/h9-12,16H,2-8,14H2,1H3. The van der Waals surface area contributed by atoms with Gasteiger partial charge < -0.3 is 15.7 Å². The molecule has 1 aliphatic carbocycles. The number of aliphatic hydroxyl groups is 1. The molecule has 0 radical (unpaired) electrons. The maximum Gasteiger partial charge on any atom is 0.225 e. The Bertz CT molecular complexity index is 273. The van der Waals surface area contributed by atoms with E-state index < -0.39 is 0 Å². The highest BCUT2D eigenvalue weighted by molar-refractivity contribution is 5.79. The van der Waals surface area contributed by atoms with Crippen LogP contribution in [-0.2, 0) is 4.79 Å². The smallest absolute Gasteiger partial charge is 0.225 e. The van der Waals surface area contributed by atoms with E-state index >= 15 is 0 Å². The van der Waals surface area contributed by atoms with Crippen LogP contribution in [0.15, 0.2) is 0 Å². The summed E-state index contributed by atoms with van der Waals surface area (Å²) in [5, 5.41) is 9.53. The number of carbonyl (C=O) groups is 1. The molecule has 1 amide bonds. The number of aliphatic hydroxyl groups excluding tert-OH is 1. The topological polar surface area (TPSA) is 66.6 Å². The molecular formula is C13H24N2O2. The number of likely N-dealkylation sites (tertiary alicyclic amines) is 1. The van der Waals surface area contributed by atoms with E-state index in [4.69, 9.17) is 5.73 Å². The Morgan fingerprint density at radius 1 is 1.29 bits per heavy atom. The van der Waals surface area contributed by atoms with Crippen molar-refractivity contribution in [3.05, 3.63) is 0 Å². The van der Waals surface area contributed by atoms with Crippen LogP contribution in [0.2, 0.25) is 0 Å². The Kier molecular flexibility index (Phi) is 4.05. The summed E-state index contributed by atoms with van der Waals surface area (Å²) in [6.45, 7) is 3.46. The van der Waals surface area contributed by atoms with Gasteiger partial charge in [0.05, 0.1) is 6.10 Å². The van der Waals surface area contributed by atoms with Gasteiger partial charge in [-0.15, -0.1) is 0 Å². The number of carbonyl (C=O) groups excluding carboxylic acids is 1. The third-order valence-corrected chi connectivity index (χ3v) is 4.36. The van der Waals surface area contributed by atoms with Gasteiger partial charge in [-0.2, -0.15) is 0 Å². The van der Waals surface area contributed by atoms with Gasteiger partial charge in [-0.1, -0.05) is 0 Å². The molecular weight excluding hydrogens is 216 g/mol. The summed E-state index contributed by atoms with van der Waals surface area (Å²) in [6.07, 6.45) is 4.42. The zero-order valence-corrected chi connectivity index (χ0v) is 10.6. The average Bonchev–Trinajstić information content (AvgIpc) is 2.75. The molecule has 17 heavy (non-hydrogen) atoms. The zero-order chi connectivity index (χ0) is 12.4. The third kappa shape index (κ3) is 2.99. The van der Waals surface area contributed by atoms with Crippen molar-refractivity contribution in [2.24, 2.45) is 17.6 Å². The van der Waals surface area contributed by atoms with Crippen molar-refractivity contribution >= 4 is 5.91 Å². The van der Waals surface area contributed by atoms with Crippen LogP contribution < -0.4 is 5.73 Å². The third-order valence-electron chi connectivity index (χ3n) is 4.36. The molecule has 2 aliphatic rings. The van der Waals surface area contributed by atoms with Gasteiger partial charge in [0.1, 0.15) is 0 Å². The van der Waals surface area contributed by atoms with Gasteiger partial charge in [0, 0.05) is 25.0 Å². The minimum Gasteiger partial charge on any atom is -0.393 e. The summed E-state index contributed by atoms with van der Waals surface area (Å²) in [4.78, 5) is 14.2. The van der Waals surface area contributed by atoms with E-state index in [0.717, 1.165) is 45.2 Å². The maximum absolute atomic E-state index is 12.2. The summed E-state index contributed by atoms with van der Waals surface area (Å²) in [7, 11) is 0. The molecule has 1 saturated heterocycles. The van der Waals surface area contributed by atoms with Crippen molar-refractivity contribution < 1.29 is 9.90 Å². The van der Waals surface area contributed by atoms with Gasteiger partial charge in [0.15, 0.2) is 0 Å². The van der Waals surface area contributed by atoms with Gasteiger partial charge in [-0.25, -0.2) is 0 Å². The lowest BCUT2D eigenvalue weighted by Gasteiger charge is -2.34. The predicted octanol–water partition coefficient (Wildman–Crippen LogP) is 0.733. The number of nitrogens with two attached hydrogens (primary N) is 1. The largest absolute Gasteiger partial charge is 0.393 e. The summed E-state index contributed by atoms with van der Waals surface area (Å²) in [5.41, 5.74) is 5.85. The molecule has 1 heterocycles. The van der Waals surface area contributed by atoms with E-state index in [1.54, 1.807) is 0 Å². The fourth-order valence-corrected chi connectivity index (χ4v) is 3.10. The molecule has 1 aliphatic heterocycles. The van der Waals surface area contributed by atoms with Gasteiger partial charge >= 0.3 is 0 Å². The quantitative estimate of drug-likeness (QED) is 0.748. The van der Waals surface area contributed by atoms with Crippen molar-refractivity contribution in [1.29, 1.82) is 0 Å². The second-order valence-electron chi connectivity index (χ2n) is 5.67. The second kappa shape index (κ2) is 5.36. The van der Waals surface area contributed by atoms with Crippen LogP contribution in [-0.4, -0.2) is 41.1 Å². The van der Waals surface area contributed by atoms with E-state index in [1.165, 1.54) is 0 Å². The molecule has 2 fully saturated rings. The summed E-state index contributed by atoms with van der Waals surface area (Å²) < 4.78 is 0. The van der Waals surface area contributed by atoms with Crippen LogP contribution in [0, 0.1) is 11.8 Å². The molecule has 4 nitrogen and oxygen atoms in total. The summed E-state index contributed by atoms with van der Waals surface area (Å²) in [5.74, 6) is 0.819. The molecule has 3 unspecified atom stereocenters. The molecule has 0 spiro atoms. The molecule has 3 N–H and O–H groups in total. The summed E-state index contributed by atoms with van der Waals surface area (Å²) in [6, 6.07) is 0.221. The van der Waals surface area contributed by atoms with Crippen LogP contribution in [0.25, 0.3) is 0 Å². The summed E-state index contributed by atoms with van der Waals surface area (Å²) >= 11 is 0. The molecule has 0 aromatic rings. The highest BCUT2D eigenvalue weighted by atomic mass is 16.3. The van der Waals surface area contributed by atoms with Crippen LogP contribution in [0.3, 0.4) is 0 Å². The monoisotopic (exact) mass is 240 g/mol. The van der Waals surface area contributed by atoms with Gasteiger partial charge in [0.25, 0.3) is 0 Å². The normalized spacial score (nSPS) is 32.8. The first-order valence-electron chi connectivity index (χ1n) is 6.80. The SMILES string of the molecule is CC(O)C1CCN(C(=O)C2CCC(N)C2)CC1. The Balaban J connectivity index is 1.82. The van der Waals surface area contributed by atoms with Crippen LogP contribution in [0.1, 0.15) is 39.0 Å². The predicted molar refractivity (Wildman–Crippen MR) is 66.3 cm³/mol. The van der Waals surface area contributed by atoms with E-state index in [-0.39, 0.29) is 18.1 Å². The highest BCUT2D eigenvalue weighted by Crippen LogP contribution is 2.28. The minimum atomic E-state index is -0.243. The lowest BCUT2D eigenvalue weighted by Crippen LogP contribution is -2.43. The molecule has 4 heteroatoms. The van der Waals surface area contributed by atoms with Gasteiger partial charge in [0.2, 0.25) is 5.91 Å². The average molecular weight is 240 g/mol. The second-order valence-corrected chi connectivity index (χ2v) is 5.67. The molecule has 3 atom stereocenters. The lowest BCUT2D eigenvalue weighted by molar-refractivity contribution is -0.137. The van der Waals surface area contributed by atoms with Crippen molar-refractivity contribution in [1.82, 2.24) is 4.90 Å². The highest BCUT2D eigenvalue weighted by Gasteiger charge is 2.33. The van der Waals surface area contributed by atoms with E-state index in [2.05, 4.69) is 0 Å². The minimum absolute atomic E-state index is 0.160. The Morgan fingerprint density at radius 2 is 1.94 bits per heavy atom. The fourth-order valence-electron chi connectivity index (χ4n) is 3.10. The first kappa shape index (κ1) is 12.8. The molecule has 0 bridgehead atoms. The van der Waals surface area contributed by atoms with Gasteiger partial charge in [-0.3, -0.25) is 4.79 Å². The molecule has 2 rings (SSSR count). The number of hydrogen-bond acceptors (Lipinski definition) is 3. The van der Waals surface area contributed by atoms with Crippen molar-refractivity contribution in [3.63, 3.8) is 0 Å². The van der Waals surface area contributed by atoms with Crippen molar-refractivity contribution in [2.75, 3.05) is 13.1 Å². The van der Waals surface area contributed by atoms with Crippen LogP contribution >= 0.6 is 0 Å². The Morgan fingerprint density at radius 3 is 2.41 bits per heavy atom. The van der Waals surface area contributed by atoms with E-state index in [1.807, 2.05) is 11.8 Å². The number of rotatable bonds is 2. The Labute approximate surface area is 103 Å². The van der Waals surface area contributed by atoms with Crippen molar-refractivity contribution in [3.8, 4) is 0 Å². The van der Waals surface area contributed by atoms with Crippen LogP contribution in [0.5, 0.6) is 0 Å². The lowest BCUT2D eigenvalue weighted by atomic mass is 9.91. The fraction of sp³-hybridized carbons (Fsp3) is 0.923. The number of piperidine rings is 1. The Hall–Kier alpha value is -0.610. The molecule has 0 aromatic heterocycles. The molecule has 1 saturated carbocycles. The zero-order valence-electron chi connectivity index (χ0n) is 10.6. The first-order chi connectivity index (χ1) is 8.08. The number of hydrogen-bond donors (Lipinski definition) is 2. The van der Waals surface area contributed by atoms with Gasteiger partial charge in [-0.05, 0) is 44.9 Å². The molecule has 98 valence electrons.